The number of piperidine rings is 1. The number of imidazole rings is 1. The van der Waals surface area contributed by atoms with Gasteiger partial charge < -0.3 is 15.0 Å². The average Bonchev–Trinajstić information content (AvgIpc) is 3.00. The maximum absolute atomic E-state index is 6.08. The Bertz CT molecular complexity index is 926. The molecule has 1 saturated heterocycles. The first kappa shape index (κ1) is 18.3. The minimum Gasteiger partial charge on any atom is -0.398 e. The van der Waals surface area contributed by atoms with Gasteiger partial charge in [0.15, 0.2) is 0 Å². The molecule has 2 N–H and O–H groups in total. The maximum atomic E-state index is 6.08. The van der Waals surface area contributed by atoms with Crippen molar-refractivity contribution in [1.29, 1.82) is 0 Å². The molecule has 1 fully saturated rings. The Labute approximate surface area is 165 Å². The maximum Gasteiger partial charge on any atom is 0.137 e. The van der Waals surface area contributed by atoms with Crippen molar-refractivity contribution in [3.63, 3.8) is 0 Å². The predicted molar refractivity (Wildman–Crippen MR) is 112 cm³/mol. The lowest BCUT2D eigenvalue weighted by Crippen LogP contribution is -2.41. The summed E-state index contributed by atoms with van der Waals surface area (Å²) in [5.41, 5.74) is 11.0. The zero-order valence-corrected chi connectivity index (χ0v) is 16.7. The van der Waals surface area contributed by atoms with Crippen molar-refractivity contribution >= 4 is 22.9 Å². The number of benzene rings is 1. The Kier molecular flexibility index (Phi) is 5.08. The molecule has 3 heterocycles. The van der Waals surface area contributed by atoms with Gasteiger partial charge in [0, 0.05) is 35.1 Å². The van der Waals surface area contributed by atoms with Gasteiger partial charge in [-0.25, -0.2) is 4.98 Å². The van der Waals surface area contributed by atoms with Crippen molar-refractivity contribution in [1.82, 2.24) is 19.2 Å². The van der Waals surface area contributed by atoms with Crippen molar-refractivity contribution in [3.05, 3.63) is 53.3 Å². The van der Waals surface area contributed by atoms with E-state index < -0.39 is 0 Å². The summed E-state index contributed by atoms with van der Waals surface area (Å²) in [7, 11) is 4.41. The SMILES string of the molecule is CN1CCC(N(C)Cc2c(-c3ccc(Cl)cc3)nc3ccc(N)cn23)CC1. The van der Waals surface area contributed by atoms with Crippen molar-refractivity contribution in [2.24, 2.45) is 0 Å². The molecule has 27 heavy (non-hydrogen) atoms. The fraction of sp³-hybridized carbons (Fsp3) is 0.381. The van der Waals surface area contributed by atoms with Gasteiger partial charge in [-0.2, -0.15) is 0 Å². The minimum absolute atomic E-state index is 0.589. The van der Waals surface area contributed by atoms with Crippen LogP contribution in [0, 0.1) is 0 Å². The van der Waals surface area contributed by atoms with Gasteiger partial charge in [-0.15, -0.1) is 0 Å². The Hall–Kier alpha value is -2.08. The van der Waals surface area contributed by atoms with Crippen LogP contribution in [0.2, 0.25) is 5.02 Å². The highest BCUT2D eigenvalue weighted by atomic mass is 35.5. The highest BCUT2D eigenvalue weighted by Gasteiger charge is 2.23. The van der Waals surface area contributed by atoms with E-state index >= 15 is 0 Å². The Morgan fingerprint density at radius 1 is 1.15 bits per heavy atom. The molecule has 5 nitrogen and oxygen atoms in total. The standard InChI is InChI=1S/C21H26ClN5/c1-25-11-9-18(10-12-25)26(2)14-19-21(15-3-5-16(22)6-4-15)24-20-8-7-17(23)13-27(19)20/h3-8,13,18H,9-12,14,23H2,1-2H3. The van der Waals surface area contributed by atoms with Crippen molar-refractivity contribution < 1.29 is 0 Å². The third-order valence-electron chi connectivity index (χ3n) is 5.57. The summed E-state index contributed by atoms with van der Waals surface area (Å²) in [5, 5.41) is 0.733. The number of rotatable bonds is 4. The molecular weight excluding hydrogens is 358 g/mol. The lowest BCUT2D eigenvalue weighted by molar-refractivity contribution is 0.138. The smallest absolute Gasteiger partial charge is 0.137 e. The number of anilines is 1. The summed E-state index contributed by atoms with van der Waals surface area (Å²) in [5.74, 6) is 0. The van der Waals surface area contributed by atoms with Gasteiger partial charge >= 0.3 is 0 Å². The number of hydrogen-bond acceptors (Lipinski definition) is 4. The van der Waals surface area contributed by atoms with Gasteiger partial charge in [0.1, 0.15) is 5.65 Å². The van der Waals surface area contributed by atoms with Crippen LogP contribution in [0.4, 0.5) is 5.69 Å². The summed E-state index contributed by atoms with van der Waals surface area (Å²) < 4.78 is 2.13. The van der Waals surface area contributed by atoms with Crippen LogP contribution >= 0.6 is 11.6 Å². The van der Waals surface area contributed by atoms with Crippen molar-refractivity contribution in [2.45, 2.75) is 25.4 Å². The normalized spacial score (nSPS) is 16.4. The molecule has 1 aliphatic heterocycles. The molecule has 1 aromatic carbocycles. The summed E-state index contributed by atoms with van der Waals surface area (Å²) in [6.07, 6.45) is 4.36. The second-order valence-corrected chi connectivity index (χ2v) is 7.99. The van der Waals surface area contributed by atoms with Crippen LogP contribution < -0.4 is 5.73 Å². The van der Waals surface area contributed by atoms with E-state index in [1.54, 1.807) is 0 Å². The molecule has 2 aromatic heterocycles. The molecular formula is C21H26ClN5. The van der Waals surface area contributed by atoms with Gasteiger partial charge in [0.2, 0.25) is 0 Å². The molecule has 3 aromatic rings. The highest BCUT2D eigenvalue weighted by Crippen LogP contribution is 2.28. The first-order valence-corrected chi connectivity index (χ1v) is 9.80. The number of pyridine rings is 1. The number of nitrogens with two attached hydrogens (primary N) is 1. The van der Waals surface area contributed by atoms with E-state index in [0.717, 1.165) is 47.2 Å². The van der Waals surface area contributed by atoms with Gasteiger partial charge in [-0.05, 0) is 64.3 Å². The molecule has 0 amide bonds. The van der Waals surface area contributed by atoms with Crippen LogP contribution in [-0.4, -0.2) is 52.4 Å². The number of halogens is 1. The van der Waals surface area contributed by atoms with E-state index in [1.165, 1.54) is 18.5 Å². The molecule has 4 rings (SSSR count). The molecule has 6 heteroatoms. The molecule has 0 aliphatic carbocycles. The number of nitrogens with zero attached hydrogens (tertiary/aromatic N) is 4. The Morgan fingerprint density at radius 3 is 2.56 bits per heavy atom. The minimum atomic E-state index is 0.589. The molecule has 0 unspecified atom stereocenters. The number of hydrogen-bond donors (Lipinski definition) is 1. The second-order valence-electron chi connectivity index (χ2n) is 7.55. The average molecular weight is 384 g/mol. The second kappa shape index (κ2) is 7.50. The third kappa shape index (κ3) is 3.81. The molecule has 0 bridgehead atoms. The largest absolute Gasteiger partial charge is 0.398 e. The molecule has 0 radical (unpaired) electrons. The number of likely N-dealkylation sites (tertiary alicyclic amines) is 1. The lowest BCUT2D eigenvalue weighted by Gasteiger charge is -2.35. The zero-order chi connectivity index (χ0) is 19.0. The number of fused-ring (bicyclic) bond motifs is 1. The van der Waals surface area contributed by atoms with E-state index in [0.29, 0.717) is 6.04 Å². The van der Waals surface area contributed by atoms with Crippen LogP contribution in [0.25, 0.3) is 16.9 Å². The van der Waals surface area contributed by atoms with Gasteiger partial charge in [0.05, 0.1) is 11.4 Å². The fourth-order valence-corrected chi connectivity index (χ4v) is 4.03. The van der Waals surface area contributed by atoms with E-state index in [9.17, 15) is 0 Å². The van der Waals surface area contributed by atoms with E-state index in [4.69, 9.17) is 22.3 Å². The monoisotopic (exact) mass is 383 g/mol. The summed E-state index contributed by atoms with van der Waals surface area (Å²) in [6, 6.07) is 12.4. The van der Waals surface area contributed by atoms with Crippen LogP contribution in [0.15, 0.2) is 42.6 Å². The Morgan fingerprint density at radius 2 is 1.85 bits per heavy atom. The molecule has 142 valence electrons. The lowest BCUT2D eigenvalue weighted by atomic mass is 10.0. The topological polar surface area (TPSA) is 49.8 Å². The van der Waals surface area contributed by atoms with Gasteiger partial charge in [-0.1, -0.05) is 23.7 Å². The summed E-state index contributed by atoms with van der Waals surface area (Å²) in [6.45, 7) is 3.13. The van der Waals surface area contributed by atoms with Crippen LogP contribution in [-0.2, 0) is 6.54 Å². The zero-order valence-electron chi connectivity index (χ0n) is 15.9. The van der Waals surface area contributed by atoms with Gasteiger partial charge in [0.25, 0.3) is 0 Å². The summed E-state index contributed by atoms with van der Waals surface area (Å²) in [4.78, 5) is 9.75. The summed E-state index contributed by atoms with van der Waals surface area (Å²) >= 11 is 6.08. The molecule has 0 spiro atoms. The van der Waals surface area contributed by atoms with E-state index in [-0.39, 0.29) is 0 Å². The van der Waals surface area contributed by atoms with Gasteiger partial charge in [-0.3, -0.25) is 4.90 Å². The van der Waals surface area contributed by atoms with Crippen molar-refractivity contribution in [2.75, 3.05) is 32.9 Å². The van der Waals surface area contributed by atoms with E-state index in [1.807, 2.05) is 42.6 Å². The third-order valence-corrected chi connectivity index (χ3v) is 5.82. The molecule has 0 saturated carbocycles. The molecule has 1 aliphatic rings. The molecule has 0 atom stereocenters. The van der Waals surface area contributed by atoms with Crippen LogP contribution in [0.5, 0.6) is 0 Å². The number of nitrogen functional groups attached to an aromatic ring is 1. The quantitative estimate of drug-likeness (QED) is 0.745. The Balaban J connectivity index is 1.71. The first-order valence-electron chi connectivity index (χ1n) is 9.42. The highest BCUT2D eigenvalue weighted by molar-refractivity contribution is 6.30. The number of aromatic nitrogens is 2. The van der Waals surface area contributed by atoms with Crippen LogP contribution in [0.3, 0.4) is 0 Å². The first-order chi connectivity index (χ1) is 13.0. The van der Waals surface area contributed by atoms with Crippen molar-refractivity contribution in [3.8, 4) is 11.3 Å². The fourth-order valence-electron chi connectivity index (χ4n) is 3.90. The van der Waals surface area contributed by atoms with E-state index in [2.05, 4.69) is 28.3 Å². The van der Waals surface area contributed by atoms with Crippen LogP contribution in [0.1, 0.15) is 18.5 Å². The predicted octanol–water partition coefficient (Wildman–Crippen LogP) is 3.76.